The Morgan fingerprint density at radius 2 is 1.91 bits per heavy atom. The van der Waals surface area contributed by atoms with E-state index in [1.165, 1.54) is 19.3 Å². The minimum Gasteiger partial charge on any atom is -0.443 e. The molecule has 1 aromatic carbocycles. The van der Waals surface area contributed by atoms with E-state index in [0.29, 0.717) is 12.1 Å². The molecular weight excluding hydrogens is 280 g/mol. The molecule has 2 aliphatic rings. The Bertz CT molecular complexity index is 552. The highest BCUT2D eigenvalue weighted by molar-refractivity contribution is 5.96. The fraction of sp³-hybridized carbons (Fsp3) is 0.500. The van der Waals surface area contributed by atoms with E-state index in [1.807, 2.05) is 0 Å². The van der Waals surface area contributed by atoms with Crippen molar-refractivity contribution in [2.45, 2.75) is 25.4 Å². The van der Waals surface area contributed by atoms with Crippen LogP contribution in [0.3, 0.4) is 0 Å². The number of hydrogen-bond acceptors (Lipinski definition) is 4. The van der Waals surface area contributed by atoms with Crippen LogP contribution in [0.5, 0.6) is 0 Å². The van der Waals surface area contributed by atoms with Gasteiger partial charge in [-0.25, -0.2) is 4.79 Å². The number of nitrogens with one attached hydrogen (secondary N) is 1. The molecule has 0 aliphatic carbocycles. The summed E-state index contributed by atoms with van der Waals surface area (Å²) in [5.74, 6) is 0.0264. The molecule has 0 aromatic heterocycles. The second-order valence-electron chi connectivity index (χ2n) is 5.94. The molecule has 1 amide bonds. The summed E-state index contributed by atoms with van der Waals surface area (Å²) in [6.07, 6.45) is 3.40. The van der Waals surface area contributed by atoms with Crippen LogP contribution in [0, 0.1) is 5.41 Å². The standard InChI is InChI=1S/C16H22N4O2/c17-15(18)12-4-6-13(7-5-12)20-11-14(22-16(20)21)10-19-8-2-1-3-9-19/h4-7,14H,1-3,8-11H2,(H3,17,18)/t14-/m0/s1. The molecule has 1 aromatic rings. The van der Waals surface area contributed by atoms with Crippen molar-refractivity contribution in [2.75, 3.05) is 31.1 Å². The Balaban J connectivity index is 1.62. The Morgan fingerprint density at radius 3 is 2.55 bits per heavy atom. The van der Waals surface area contributed by atoms with Crippen LogP contribution in [0.2, 0.25) is 0 Å². The van der Waals surface area contributed by atoms with Gasteiger partial charge in [0, 0.05) is 17.8 Å². The number of amides is 1. The van der Waals surface area contributed by atoms with Crippen LogP contribution in [0.15, 0.2) is 24.3 Å². The van der Waals surface area contributed by atoms with E-state index in [1.54, 1.807) is 29.2 Å². The zero-order valence-corrected chi connectivity index (χ0v) is 12.6. The zero-order chi connectivity index (χ0) is 15.5. The number of piperidine rings is 1. The molecule has 6 heteroatoms. The van der Waals surface area contributed by atoms with E-state index < -0.39 is 0 Å². The summed E-state index contributed by atoms with van der Waals surface area (Å²) in [6.45, 7) is 3.59. The first kappa shape index (κ1) is 14.8. The lowest BCUT2D eigenvalue weighted by atomic mass is 10.1. The molecule has 118 valence electrons. The maximum atomic E-state index is 12.1. The highest BCUT2D eigenvalue weighted by atomic mass is 16.6. The largest absolute Gasteiger partial charge is 0.443 e. The number of anilines is 1. The molecule has 6 nitrogen and oxygen atoms in total. The van der Waals surface area contributed by atoms with E-state index >= 15 is 0 Å². The van der Waals surface area contributed by atoms with Gasteiger partial charge < -0.3 is 10.5 Å². The van der Waals surface area contributed by atoms with E-state index in [2.05, 4.69) is 4.90 Å². The lowest BCUT2D eigenvalue weighted by Crippen LogP contribution is -2.38. The number of cyclic esters (lactones) is 1. The van der Waals surface area contributed by atoms with Crippen LogP contribution in [0.25, 0.3) is 0 Å². The van der Waals surface area contributed by atoms with Gasteiger partial charge in [-0.15, -0.1) is 0 Å². The lowest BCUT2D eigenvalue weighted by Gasteiger charge is -2.27. The Hall–Kier alpha value is -2.08. The Kier molecular flexibility index (Phi) is 4.29. The fourth-order valence-electron chi connectivity index (χ4n) is 3.08. The van der Waals surface area contributed by atoms with Crippen molar-refractivity contribution in [1.29, 1.82) is 5.41 Å². The van der Waals surface area contributed by atoms with Crippen molar-refractivity contribution in [2.24, 2.45) is 5.73 Å². The average Bonchev–Trinajstić information content (AvgIpc) is 2.89. The maximum absolute atomic E-state index is 12.1. The molecule has 2 aliphatic heterocycles. The van der Waals surface area contributed by atoms with Crippen LogP contribution in [-0.4, -0.2) is 49.1 Å². The third-order valence-corrected chi connectivity index (χ3v) is 4.27. The normalized spacial score (nSPS) is 22.6. The van der Waals surface area contributed by atoms with Crippen molar-refractivity contribution in [3.63, 3.8) is 0 Å². The molecule has 0 bridgehead atoms. The average molecular weight is 302 g/mol. The summed E-state index contributed by atoms with van der Waals surface area (Å²) in [5.41, 5.74) is 6.89. The molecule has 0 unspecified atom stereocenters. The summed E-state index contributed by atoms with van der Waals surface area (Å²) in [5, 5.41) is 7.40. The van der Waals surface area contributed by atoms with Gasteiger partial charge in [-0.3, -0.25) is 15.2 Å². The summed E-state index contributed by atoms with van der Waals surface area (Å²) >= 11 is 0. The molecule has 3 rings (SSSR count). The number of amidine groups is 1. The number of carbonyl (C=O) groups is 1. The molecule has 2 heterocycles. The zero-order valence-electron chi connectivity index (χ0n) is 12.6. The van der Waals surface area contributed by atoms with E-state index in [0.717, 1.165) is 25.3 Å². The Morgan fingerprint density at radius 1 is 1.23 bits per heavy atom. The van der Waals surface area contributed by atoms with E-state index in [4.69, 9.17) is 15.9 Å². The van der Waals surface area contributed by atoms with Crippen LogP contribution in [0.4, 0.5) is 10.5 Å². The second kappa shape index (κ2) is 6.36. The molecule has 1 atom stereocenters. The van der Waals surface area contributed by atoms with Gasteiger partial charge >= 0.3 is 6.09 Å². The highest BCUT2D eigenvalue weighted by Crippen LogP contribution is 2.23. The molecule has 2 saturated heterocycles. The van der Waals surface area contributed by atoms with Crippen molar-refractivity contribution < 1.29 is 9.53 Å². The topological polar surface area (TPSA) is 82.7 Å². The predicted octanol–water partition coefficient (Wildman–Crippen LogP) is 1.78. The molecular formula is C16H22N4O2. The number of nitrogens with two attached hydrogens (primary N) is 1. The monoisotopic (exact) mass is 302 g/mol. The number of likely N-dealkylation sites (tertiary alicyclic amines) is 1. The van der Waals surface area contributed by atoms with Crippen LogP contribution in [-0.2, 0) is 4.74 Å². The third kappa shape index (κ3) is 3.22. The van der Waals surface area contributed by atoms with Gasteiger partial charge in [0.2, 0.25) is 0 Å². The number of rotatable bonds is 4. The van der Waals surface area contributed by atoms with Crippen molar-refractivity contribution in [3.8, 4) is 0 Å². The van der Waals surface area contributed by atoms with Gasteiger partial charge in [-0.2, -0.15) is 0 Å². The van der Waals surface area contributed by atoms with Gasteiger partial charge in [0.05, 0.1) is 6.54 Å². The quantitative estimate of drug-likeness (QED) is 0.656. The molecule has 0 saturated carbocycles. The first-order chi connectivity index (χ1) is 10.6. The number of benzene rings is 1. The van der Waals surface area contributed by atoms with E-state index in [-0.39, 0.29) is 18.0 Å². The van der Waals surface area contributed by atoms with Crippen molar-refractivity contribution in [1.82, 2.24) is 4.90 Å². The summed E-state index contributed by atoms with van der Waals surface area (Å²) in [7, 11) is 0. The van der Waals surface area contributed by atoms with E-state index in [9.17, 15) is 4.79 Å². The third-order valence-electron chi connectivity index (χ3n) is 4.27. The number of nitrogens with zero attached hydrogens (tertiary/aromatic N) is 2. The van der Waals surface area contributed by atoms with Crippen LogP contribution in [0.1, 0.15) is 24.8 Å². The Labute approximate surface area is 130 Å². The first-order valence-corrected chi connectivity index (χ1v) is 7.78. The molecule has 2 fully saturated rings. The molecule has 22 heavy (non-hydrogen) atoms. The van der Waals surface area contributed by atoms with Gasteiger partial charge in [-0.05, 0) is 50.2 Å². The summed E-state index contributed by atoms with van der Waals surface area (Å²) in [6, 6.07) is 7.12. The SMILES string of the molecule is N=C(N)c1ccc(N2C[C@H](CN3CCCCC3)OC2=O)cc1. The number of hydrogen-bond donors (Lipinski definition) is 2. The fourth-order valence-corrected chi connectivity index (χ4v) is 3.08. The smallest absolute Gasteiger partial charge is 0.414 e. The first-order valence-electron chi connectivity index (χ1n) is 7.78. The van der Waals surface area contributed by atoms with Gasteiger partial charge in [0.25, 0.3) is 0 Å². The minimum absolute atomic E-state index is 0.0264. The van der Waals surface area contributed by atoms with Crippen LogP contribution >= 0.6 is 0 Å². The number of carbonyl (C=O) groups excluding carboxylic acids is 1. The highest BCUT2D eigenvalue weighted by Gasteiger charge is 2.33. The van der Waals surface area contributed by atoms with Crippen molar-refractivity contribution >= 4 is 17.6 Å². The van der Waals surface area contributed by atoms with Crippen molar-refractivity contribution in [3.05, 3.63) is 29.8 Å². The summed E-state index contributed by atoms with van der Waals surface area (Å²) in [4.78, 5) is 16.1. The minimum atomic E-state index is -0.294. The number of nitrogen functional groups attached to an aromatic ring is 1. The lowest BCUT2D eigenvalue weighted by molar-refractivity contribution is 0.101. The number of ether oxygens (including phenoxy) is 1. The molecule has 0 spiro atoms. The predicted molar refractivity (Wildman–Crippen MR) is 85.4 cm³/mol. The van der Waals surface area contributed by atoms with Gasteiger partial charge in [0.15, 0.2) is 0 Å². The van der Waals surface area contributed by atoms with Gasteiger partial charge in [0.1, 0.15) is 11.9 Å². The molecule has 3 N–H and O–H groups in total. The maximum Gasteiger partial charge on any atom is 0.414 e. The van der Waals surface area contributed by atoms with Gasteiger partial charge in [-0.1, -0.05) is 6.42 Å². The van der Waals surface area contributed by atoms with Crippen LogP contribution < -0.4 is 10.6 Å². The summed E-state index contributed by atoms with van der Waals surface area (Å²) < 4.78 is 5.49. The second-order valence-corrected chi connectivity index (χ2v) is 5.94. The molecule has 0 radical (unpaired) electrons.